The molecule has 2 rings (SSSR count). The summed E-state index contributed by atoms with van der Waals surface area (Å²) in [5, 5.41) is 0. The summed E-state index contributed by atoms with van der Waals surface area (Å²) >= 11 is 0. The van der Waals surface area contributed by atoms with Gasteiger partial charge in [-0.2, -0.15) is 8.42 Å². The molecule has 0 N–H and O–H groups in total. The van der Waals surface area contributed by atoms with Crippen LogP contribution in [-0.4, -0.2) is 15.0 Å². The van der Waals surface area contributed by atoms with Crippen molar-refractivity contribution in [1.29, 1.82) is 0 Å². The minimum Gasteiger partial charge on any atom is -0.266 e. The Morgan fingerprint density at radius 2 is 1.88 bits per heavy atom. The second kappa shape index (κ2) is 5.19. The van der Waals surface area contributed by atoms with Crippen LogP contribution in [0.25, 0.3) is 0 Å². The lowest BCUT2D eigenvalue weighted by Crippen LogP contribution is -2.15. The molecule has 1 aliphatic rings. The number of aryl methyl sites for hydroxylation is 1. The smallest absolute Gasteiger partial charge is 0.266 e. The summed E-state index contributed by atoms with van der Waals surface area (Å²) in [7, 11) is -3.56. The maximum absolute atomic E-state index is 11.8. The second-order valence-electron chi connectivity index (χ2n) is 4.67. The maximum Gasteiger partial charge on any atom is 0.296 e. The fourth-order valence-corrected chi connectivity index (χ4v) is 2.80. The topological polar surface area (TPSA) is 43.4 Å². The van der Waals surface area contributed by atoms with Gasteiger partial charge in [-0.05, 0) is 31.4 Å². The lowest BCUT2D eigenvalue weighted by molar-refractivity contribution is 0.225. The summed E-state index contributed by atoms with van der Waals surface area (Å²) in [6.45, 7) is 2.23. The van der Waals surface area contributed by atoms with E-state index >= 15 is 0 Å². The quantitative estimate of drug-likeness (QED) is 0.759. The summed E-state index contributed by atoms with van der Waals surface area (Å²) in [6, 6.07) is 6.74. The summed E-state index contributed by atoms with van der Waals surface area (Å²) in [5.74, 6) is 0.670. The zero-order valence-corrected chi connectivity index (χ0v) is 10.9. The van der Waals surface area contributed by atoms with Crippen LogP contribution in [0.4, 0.5) is 0 Å². The van der Waals surface area contributed by atoms with Crippen molar-refractivity contribution in [2.75, 3.05) is 6.61 Å². The van der Waals surface area contributed by atoms with Gasteiger partial charge in [0.1, 0.15) is 0 Å². The molecule has 17 heavy (non-hydrogen) atoms. The Labute approximate surface area is 103 Å². The van der Waals surface area contributed by atoms with Gasteiger partial charge in [-0.1, -0.05) is 37.0 Å². The first-order chi connectivity index (χ1) is 8.08. The van der Waals surface area contributed by atoms with E-state index in [0.29, 0.717) is 12.5 Å². The molecule has 1 fully saturated rings. The highest BCUT2D eigenvalue weighted by molar-refractivity contribution is 7.86. The van der Waals surface area contributed by atoms with Gasteiger partial charge in [0.15, 0.2) is 0 Å². The average Bonchev–Trinajstić information content (AvgIpc) is 2.22. The monoisotopic (exact) mass is 254 g/mol. The first-order valence-corrected chi connectivity index (χ1v) is 7.45. The Kier molecular flexibility index (Phi) is 3.84. The van der Waals surface area contributed by atoms with E-state index in [1.807, 2.05) is 6.92 Å². The van der Waals surface area contributed by atoms with Crippen LogP contribution < -0.4 is 0 Å². The molecule has 0 bridgehead atoms. The van der Waals surface area contributed by atoms with Crippen LogP contribution in [0.15, 0.2) is 29.2 Å². The first kappa shape index (κ1) is 12.6. The van der Waals surface area contributed by atoms with Gasteiger partial charge in [0, 0.05) is 0 Å². The fraction of sp³-hybridized carbons (Fsp3) is 0.538. The molecule has 1 aliphatic carbocycles. The molecule has 0 aromatic heterocycles. The van der Waals surface area contributed by atoms with Gasteiger partial charge < -0.3 is 0 Å². The normalized spacial score (nSPS) is 16.8. The largest absolute Gasteiger partial charge is 0.296 e. The van der Waals surface area contributed by atoms with E-state index in [-0.39, 0.29) is 4.90 Å². The molecule has 94 valence electrons. The third kappa shape index (κ3) is 3.30. The van der Waals surface area contributed by atoms with Gasteiger partial charge in [0.05, 0.1) is 11.5 Å². The van der Waals surface area contributed by atoms with Crippen molar-refractivity contribution in [3.05, 3.63) is 29.8 Å². The summed E-state index contributed by atoms with van der Waals surface area (Å²) in [4.78, 5) is 0.247. The van der Waals surface area contributed by atoms with Crippen LogP contribution >= 0.6 is 0 Å². The minimum atomic E-state index is -3.56. The number of benzene rings is 1. The van der Waals surface area contributed by atoms with Gasteiger partial charge in [0.25, 0.3) is 10.1 Å². The fourth-order valence-electron chi connectivity index (χ4n) is 1.88. The molecule has 0 amide bonds. The molecule has 4 heteroatoms. The number of hydrogen-bond donors (Lipinski definition) is 0. The van der Waals surface area contributed by atoms with Gasteiger partial charge >= 0.3 is 0 Å². The molecular weight excluding hydrogens is 236 g/mol. The second-order valence-corrected chi connectivity index (χ2v) is 6.29. The summed E-state index contributed by atoms with van der Waals surface area (Å²) < 4.78 is 28.7. The lowest BCUT2D eigenvalue weighted by Gasteiger charge is -2.24. The molecule has 3 nitrogen and oxygen atoms in total. The van der Waals surface area contributed by atoms with Crippen molar-refractivity contribution in [2.45, 2.75) is 37.5 Å². The van der Waals surface area contributed by atoms with E-state index in [1.54, 1.807) is 24.3 Å². The standard InChI is InChI=1S/C13H18O3S/c1-11-5-7-13(8-6-11)17(14,15)16-10-9-12-3-2-4-12/h5-8,12H,2-4,9-10H2,1H3. The third-order valence-electron chi connectivity index (χ3n) is 3.30. The van der Waals surface area contributed by atoms with Crippen LogP contribution in [0.3, 0.4) is 0 Å². The third-order valence-corrected chi connectivity index (χ3v) is 4.63. The molecule has 0 radical (unpaired) electrons. The predicted molar refractivity (Wildman–Crippen MR) is 66.3 cm³/mol. The molecule has 1 aromatic rings. The average molecular weight is 254 g/mol. The molecular formula is C13H18O3S. The summed E-state index contributed by atoms with van der Waals surface area (Å²) in [5.41, 5.74) is 1.04. The minimum absolute atomic E-state index is 0.247. The highest BCUT2D eigenvalue weighted by Crippen LogP contribution is 2.29. The predicted octanol–water partition coefficient (Wildman–Crippen LogP) is 2.89. The van der Waals surface area contributed by atoms with Crippen molar-refractivity contribution in [3.63, 3.8) is 0 Å². The zero-order chi connectivity index (χ0) is 12.3. The van der Waals surface area contributed by atoms with E-state index in [9.17, 15) is 8.42 Å². The maximum atomic E-state index is 11.8. The molecule has 0 unspecified atom stereocenters. The molecule has 1 aromatic carbocycles. The highest BCUT2D eigenvalue weighted by Gasteiger charge is 2.19. The molecule has 0 spiro atoms. The van der Waals surface area contributed by atoms with E-state index < -0.39 is 10.1 Å². The summed E-state index contributed by atoms with van der Waals surface area (Å²) in [6.07, 6.45) is 4.56. The Balaban J connectivity index is 1.91. The Hall–Kier alpha value is -0.870. The SMILES string of the molecule is Cc1ccc(S(=O)(=O)OCCC2CCC2)cc1. The van der Waals surface area contributed by atoms with Gasteiger partial charge in [0.2, 0.25) is 0 Å². The first-order valence-electron chi connectivity index (χ1n) is 6.04. The van der Waals surface area contributed by atoms with E-state index in [0.717, 1.165) is 12.0 Å². The zero-order valence-electron chi connectivity index (χ0n) is 10.1. The van der Waals surface area contributed by atoms with Crippen molar-refractivity contribution < 1.29 is 12.6 Å². The van der Waals surface area contributed by atoms with E-state index in [1.165, 1.54) is 19.3 Å². The van der Waals surface area contributed by atoms with Crippen molar-refractivity contribution >= 4 is 10.1 Å². The number of hydrogen-bond acceptors (Lipinski definition) is 3. The van der Waals surface area contributed by atoms with Gasteiger partial charge in [-0.15, -0.1) is 0 Å². The van der Waals surface area contributed by atoms with Crippen LogP contribution in [0.2, 0.25) is 0 Å². The molecule has 0 aliphatic heterocycles. The van der Waals surface area contributed by atoms with Crippen molar-refractivity contribution in [2.24, 2.45) is 5.92 Å². The Bertz CT molecular complexity index is 458. The van der Waals surface area contributed by atoms with E-state index in [2.05, 4.69) is 0 Å². The van der Waals surface area contributed by atoms with Crippen LogP contribution in [-0.2, 0) is 14.3 Å². The molecule has 0 atom stereocenters. The van der Waals surface area contributed by atoms with Crippen LogP contribution in [0, 0.1) is 12.8 Å². The van der Waals surface area contributed by atoms with Crippen molar-refractivity contribution in [1.82, 2.24) is 0 Å². The molecule has 1 saturated carbocycles. The lowest BCUT2D eigenvalue weighted by atomic mass is 9.83. The van der Waals surface area contributed by atoms with Crippen molar-refractivity contribution in [3.8, 4) is 0 Å². The number of rotatable bonds is 5. The van der Waals surface area contributed by atoms with Gasteiger partial charge in [-0.3, -0.25) is 4.18 Å². The van der Waals surface area contributed by atoms with E-state index in [4.69, 9.17) is 4.18 Å². The highest BCUT2D eigenvalue weighted by atomic mass is 32.2. The Morgan fingerprint density at radius 1 is 1.24 bits per heavy atom. The Morgan fingerprint density at radius 3 is 2.41 bits per heavy atom. The molecule has 0 heterocycles. The van der Waals surface area contributed by atoms with Crippen LogP contribution in [0.5, 0.6) is 0 Å². The van der Waals surface area contributed by atoms with Gasteiger partial charge in [-0.25, -0.2) is 0 Å². The molecule has 0 saturated heterocycles. The van der Waals surface area contributed by atoms with Crippen LogP contribution in [0.1, 0.15) is 31.2 Å².